The van der Waals surface area contributed by atoms with E-state index in [-0.39, 0.29) is 16.1 Å². The summed E-state index contributed by atoms with van der Waals surface area (Å²) in [5, 5.41) is 11.6. The lowest BCUT2D eigenvalue weighted by molar-refractivity contribution is -0.124. The van der Waals surface area contributed by atoms with Crippen LogP contribution in [0.25, 0.3) is 0 Å². The number of aromatic nitrogens is 4. The molecule has 26 heavy (non-hydrogen) atoms. The molecule has 2 rings (SSSR count). The van der Waals surface area contributed by atoms with E-state index in [9.17, 15) is 13.6 Å². The van der Waals surface area contributed by atoms with Crippen molar-refractivity contribution in [3.8, 4) is 0 Å². The fraction of sp³-hybridized carbons (Fsp3) is 0.562. The van der Waals surface area contributed by atoms with Gasteiger partial charge in [-0.05, 0) is 50.0 Å². The predicted molar refractivity (Wildman–Crippen MR) is 98.7 cm³/mol. The number of nitrogens with one attached hydrogen (secondary N) is 1. The number of carbonyl (C=O) groups excluding carboxylic acids is 1. The summed E-state index contributed by atoms with van der Waals surface area (Å²) >= 11 is 9.21. The molecule has 1 amide bonds. The first-order valence-corrected chi connectivity index (χ1v) is 9.32. The van der Waals surface area contributed by atoms with Crippen LogP contribution in [0.3, 0.4) is 0 Å². The second-order valence-electron chi connectivity index (χ2n) is 6.06. The molecular formula is C16H21BrClF2N5O. The summed E-state index contributed by atoms with van der Waals surface area (Å²) in [6, 6.07) is -0.693. The Morgan fingerprint density at radius 1 is 1.27 bits per heavy atom. The van der Waals surface area contributed by atoms with Gasteiger partial charge in [0.15, 0.2) is 0 Å². The van der Waals surface area contributed by atoms with Crippen molar-refractivity contribution in [2.45, 2.75) is 53.1 Å². The van der Waals surface area contributed by atoms with Gasteiger partial charge in [-0.25, -0.2) is 8.78 Å². The van der Waals surface area contributed by atoms with Crippen LogP contribution in [0, 0.1) is 20.8 Å². The number of amides is 1. The van der Waals surface area contributed by atoms with Gasteiger partial charge in [0, 0.05) is 13.1 Å². The zero-order valence-electron chi connectivity index (χ0n) is 15.0. The molecule has 0 bridgehead atoms. The summed E-state index contributed by atoms with van der Waals surface area (Å²) in [5.74, 6) is -0.282. The van der Waals surface area contributed by atoms with Crippen molar-refractivity contribution in [1.29, 1.82) is 0 Å². The zero-order valence-corrected chi connectivity index (χ0v) is 17.3. The van der Waals surface area contributed by atoms with Gasteiger partial charge in [-0.1, -0.05) is 11.6 Å². The van der Waals surface area contributed by atoms with Crippen LogP contribution >= 0.6 is 27.5 Å². The number of halogens is 4. The fourth-order valence-corrected chi connectivity index (χ4v) is 3.20. The Bertz CT molecular complexity index is 805. The number of nitrogens with zero attached hydrogens (tertiary/aromatic N) is 4. The van der Waals surface area contributed by atoms with Crippen LogP contribution in [0.4, 0.5) is 8.78 Å². The van der Waals surface area contributed by atoms with E-state index in [1.165, 1.54) is 4.68 Å². The minimum absolute atomic E-state index is 0.230. The van der Waals surface area contributed by atoms with Gasteiger partial charge in [-0.2, -0.15) is 10.2 Å². The standard InChI is InChI=1S/C16H21BrClF2N5O/c1-8-13(18)10(3)24(22-8)7-5-6-21-16(26)11(4)25-9(2)12(17)14(23-25)15(19)20/h11,15H,5-7H2,1-4H3,(H,21,26)/t11-/m1/s1. The van der Waals surface area contributed by atoms with Gasteiger partial charge in [-0.3, -0.25) is 14.2 Å². The first kappa shape index (κ1) is 20.8. The van der Waals surface area contributed by atoms with Crippen LogP contribution in [0.5, 0.6) is 0 Å². The van der Waals surface area contributed by atoms with Crippen LogP contribution in [0.2, 0.25) is 5.02 Å². The largest absolute Gasteiger partial charge is 0.354 e. The fourth-order valence-electron chi connectivity index (χ4n) is 2.63. The van der Waals surface area contributed by atoms with E-state index in [4.69, 9.17) is 11.6 Å². The minimum Gasteiger partial charge on any atom is -0.354 e. The molecule has 2 aromatic heterocycles. The number of aryl methyl sites for hydroxylation is 2. The Labute approximate surface area is 164 Å². The van der Waals surface area contributed by atoms with E-state index in [0.717, 1.165) is 11.4 Å². The molecule has 10 heteroatoms. The summed E-state index contributed by atoms with van der Waals surface area (Å²) in [6.45, 7) is 8.05. The normalized spacial score (nSPS) is 12.7. The molecule has 0 saturated carbocycles. The molecule has 0 radical (unpaired) electrons. The third-order valence-corrected chi connectivity index (χ3v) is 5.72. The van der Waals surface area contributed by atoms with Crippen molar-refractivity contribution >= 4 is 33.4 Å². The topological polar surface area (TPSA) is 64.7 Å². The van der Waals surface area contributed by atoms with Gasteiger partial charge in [0.2, 0.25) is 5.91 Å². The molecule has 0 spiro atoms. The third-order valence-electron chi connectivity index (χ3n) is 4.19. The molecule has 1 N–H and O–H groups in total. The van der Waals surface area contributed by atoms with Gasteiger partial charge < -0.3 is 5.32 Å². The van der Waals surface area contributed by atoms with E-state index in [1.807, 2.05) is 13.8 Å². The van der Waals surface area contributed by atoms with E-state index >= 15 is 0 Å². The third kappa shape index (κ3) is 4.25. The second kappa shape index (κ2) is 8.47. The SMILES string of the molecule is Cc1nn(CCCNC(=O)[C@@H](C)n2nc(C(F)F)c(Br)c2C)c(C)c1Cl. The first-order valence-electron chi connectivity index (χ1n) is 8.15. The van der Waals surface area contributed by atoms with Crippen LogP contribution in [0.15, 0.2) is 4.47 Å². The Morgan fingerprint density at radius 3 is 2.42 bits per heavy atom. The minimum atomic E-state index is -2.70. The molecule has 0 unspecified atom stereocenters. The number of hydrogen-bond acceptors (Lipinski definition) is 3. The lowest BCUT2D eigenvalue weighted by atomic mass is 10.3. The van der Waals surface area contributed by atoms with Crippen molar-refractivity contribution < 1.29 is 13.6 Å². The van der Waals surface area contributed by atoms with E-state index in [1.54, 1.807) is 18.5 Å². The number of alkyl halides is 2. The Balaban J connectivity index is 1.91. The van der Waals surface area contributed by atoms with Crippen molar-refractivity contribution in [1.82, 2.24) is 24.9 Å². The molecule has 0 aliphatic rings. The molecule has 6 nitrogen and oxygen atoms in total. The highest BCUT2D eigenvalue weighted by molar-refractivity contribution is 9.10. The molecule has 0 fully saturated rings. The molecule has 0 aliphatic carbocycles. The van der Waals surface area contributed by atoms with Gasteiger partial charge >= 0.3 is 0 Å². The summed E-state index contributed by atoms with van der Waals surface area (Å²) in [4.78, 5) is 12.3. The maximum Gasteiger partial charge on any atom is 0.283 e. The van der Waals surface area contributed by atoms with Gasteiger partial charge in [0.1, 0.15) is 11.7 Å². The highest BCUT2D eigenvalue weighted by atomic mass is 79.9. The van der Waals surface area contributed by atoms with Gasteiger partial charge in [-0.15, -0.1) is 0 Å². The Morgan fingerprint density at radius 2 is 1.92 bits per heavy atom. The highest BCUT2D eigenvalue weighted by Gasteiger charge is 2.25. The van der Waals surface area contributed by atoms with Crippen LogP contribution < -0.4 is 5.32 Å². The van der Waals surface area contributed by atoms with Crippen LogP contribution in [-0.4, -0.2) is 32.0 Å². The highest BCUT2D eigenvalue weighted by Crippen LogP contribution is 2.30. The van der Waals surface area contributed by atoms with Crippen molar-refractivity contribution in [2.24, 2.45) is 0 Å². The smallest absolute Gasteiger partial charge is 0.283 e. The average Bonchev–Trinajstić information content (AvgIpc) is 3.02. The summed E-state index contributed by atoms with van der Waals surface area (Å²) in [5.41, 5.74) is 1.79. The van der Waals surface area contributed by atoms with Gasteiger partial charge in [0.05, 0.1) is 26.6 Å². The van der Waals surface area contributed by atoms with Crippen LogP contribution in [0.1, 0.15) is 48.6 Å². The monoisotopic (exact) mass is 451 g/mol. The zero-order chi connectivity index (χ0) is 19.6. The average molecular weight is 453 g/mol. The number of hydrogen-bond donors (Lipinski definition) is 1. The molecule has 0 aliphatic heterocycles. The predicted octanol–water partition coefficient (Wildman–Crippen LogP) is 4.13. The maximum absolute atomic E-state index is 12.9. The molecule has 144 valence electrons. The van der Waals surface area contributed by atoms with E-state index in [2.05, 4.69) is 31.4 Å². The summed E-state index contributed by atoms with van der Waals surface area (Å²) in [6.07, 6.45) is -2.03. The van der Waals surface area contributed by atoms with Crippen molar-refractivity contribution in [3.63, 3.8) is 0 Å². The summed E-state index contributed by atoms with van der Waals surface area (Å²) in [7, 11) is 0. The Hall–Kier alpha value is -1.48. The van der Waals surface area contributed by atoms with E-state index in [0.29, 0.717) is 30.2 Å². The van der Waals surface area contributed by atoms with E-state index < -0.39 is 12.5 Å². The first-order chi connectivity index (χ1) is 12.1. The molecule has 0 saturated heterocycles. The molecule has 2 heterocycles. The lowest BCUT2D eigenvalue weighted by Crippen LogP contribution is -2.33. The molecule has 0 aromatic carbocycles. The van der Waals surface area contributed by atoms with Crippen LogP contribution in [-0.2, 0) is 11.3 Å². The van der Waals surface area contributed by atoms with Crippen molar-refractivity contribution in [3.05, 3.63) is 32.3 Å². The molecule has 1 atom stereocenters. The maximum atomic E-state index is 12.9. The molecule has 2 aromatic rings. The number of carbonyl (C=O) groups is 1. The van der Waals surface area contributed by atoms with Gasteiger partial charge in [0.25, 0.3) is 6.43 Å². The lowest BCUT2D eigenvalue weighted by Gasteiger charge is -2.14. The van der Waals surface area contributed by atoms with Crippen molar-refractivity contribution in [2.75, 3.05) is 6.54 Å². The Kier molecular flexibility index (Phi) is 6.79. The number of rotatable bonds is 7. The second-order valence-corrected chi connectivity index (χ2v) is 7.23. The molecular weight excluding hydrogens is 432 g/mol. The summed E-state index contributed by atoms with van der Waals surface area (Å²) < 4.78 is 29.2. The quantitative estimate of drug-likeness (QED) is 0.643.